The summed E-state index contributed by atoms with van der Waals surface area (Å²) in [5.74, 6) is 1.26. The summed E-state index contributed by atoms with van der Waals surface area (Å²) in [6.45, 7) is 3.70. The molecule has 2 amide bonds. The topological polar surface area (TPSA) is 49.9 Å². The van der Waals surface area contributed by atoms with Crippen LogP contribution >= 0.6 is 0 Å². The van der Waals surface area contributed by atoms with Crippen LogP contribution in [0, 0.1) is 0 Å². The third-order valence-corrected chi connectivity index (χ3v) is 5.74. The molecule has 2 aliphatic rings. The minimum atomic E-state index is -0.522. The predicted molar refractivity (Wildman–Crippen MR) is 108 cm³/mol. The maximum Gasteiger partial charge on any atom is 0.267 e. The Morgan fingerprint density at radius 2 is 1.71 bits per heavy atom. The van der Waals surface area contributed by atoms with Crippen LogP contribution in [-0.2, 0) is 9.59 Å². The van der Waals surface area contributed by atoms with Crippen molar-refractivity contribution < 1.29 is 14.3 Å². The summed E-state index contributed by atoms with van der Waals surface area (Å²) in [7, 11) is 0. The first-order valence-electron chi connectivity index (χ1n) is 10.0. The van der Waals surface area contributed by atoms with Gasteiger partial charge in [-0.3, -0.25) is 9.59 Å². The van der Waals surface area contributed by atoms with Crippen molar-refractivity contribution >= 4 is 17.5 Å². The van der Waals surface area contributed by atoms with E-state index in [0.717, 1.165) is 31.6 Å². The van der Waals surface area contributed by atoms with Crippen LogP contribution in [0.1, 0.15) is 37.7 Å². The Labute approximate surface area is 165 Å². The highest BCUT2D eigenvalue weighted by molar-refractivity contribution is 6.00. The lowest BCUT2D eigenvalue weighted by atomic mass is 9.89. The molecule has 1 atom stereocenters. The molecule has 2 aromatic rings. The Kier molecular flexibility index (Phi) is 5.33. The Morgan fingerprint density at radius 1 is 1.04 bits per heavy atom. The zero-order valence-electron chi connectivity index (χ0n) is 16.2. The lowest BCUT2D eigenvalue weighted by Gasteiger charge is -2.35. The first-order chi connectivity index (χ1) is 13.6. The highest BCUT2D eigenvalue weighted by Crippen LogP contribution is 2.34. The number of hydrogen-bond donors (Lipinski definition) is 0. The molecule has 0 unspecified atom stereocenters. The molecule has 2 aliphatic heterocycles. The number of anilines is 1. The third-order valence-electron chi connectivity index (χ3n) is 5.74. The van der Waals surface area contributed by atoms with Gasteiger partial charge in [-0.05, 0) is 43.4 Å². The van der Waals surface area contributed by atoms with Crippen molar-refractivity contribution in [3.63, 3.8) is 0 Å². The van der Waals surface area contributed by atoms with Crippen LogP contribution in [0.3, 0.4) is 0 Å². The fourth-order valence-electron chi connectivity index (χ4n) is 4.14. The van der Waals surface area contributed by atoms with Gasteiger partial charge >= 0.3 is 0 Å². The molecular formula is C23H26N2O3. The van der Waals surface area contributed by atoms with Crippen molar-refractivity contribution in [1.29, 1.82) is 0 Å². The summed E-state index contributed by atoms with van der Waals surface area (Å²) in [5.41, 5.74) is 2.11. The van der Waals surface area contributed by atoms with Gasteiger partial charge in [-0.1, -0.05) is 42.5 Å². The molecule has 0 radical (unpaired) electrons. The molecule has 0 saturated carbocycles. The fourth-order valence-corrected chi connectivity index (χ4v) is 4.14. The molecule has 1 saturated heterocycles. The molecule has 0 aliphatic carbocycles. The zero-order chi connectivity index (χ0) is 19.5. The molecule has 0 N–H and O–H groups in total. The monoisotopic (exact) mass is 378 g/mol. The van der Waals surface area contributed by atoms with Gasteiger partial charge in [-0.25, -0.2) is 0 Å². The number of para-hydroxylation sites is 2. The molecule has 0 spiro atoms. The molecule has 4 rings (SSSR count). The Bertz CT molecular complexity index is 844. The standard InChI is InChI=1S/C23H26N2O3/c1-17-23(27)25(20-9-5-6-10-21(20)28-17)16-13-22(26)24-14-11-19(12-15-24)18-7-3-2-4-8-18/h2-10,17,19H,11-16H2,1H3/t17-/m0/s1. The van der Waals surface area contributed by atoms with Gasteiger partial charge < -0.3 is 14.5 Å². The van der Waals surface area contributed by atoms with Crippen LogP contribution in [0.15, 0.2) is 54.6 Å². The molecule has 0 aromatic heterocycles. The number of carbonyl (C=O) groups excluding carboxylic acids is 2. The SMILES string of the molecule is C[C@@H]1Oc2ccccc2N(CCC(=O)N2CCC(c3ccccc3)CC2)C1=O. The maximum atomic E-state index is 12.7. The highest BCUT2D eigenvalue weighted by Gasteiger charge is 2.32. The smallest absolute Gasteiger partial charge is 0.267 e. The lowest BCUT2D eigenvalue weighted by Crippen LogP contribution is -2.46. The Hall–Kier alpha value is -2.82. The van der Waals surface area contributed by atoms with Crippen molar-refractivity contribution in [3.05, 3.63) is 60.2 Å². The van der Waals surface area contributed by atoms with E-state index >= 15 is 0 Å². The zero-order valence-corrected chi connectivity index (χ0v) is 16.2. The number of ether oxygens (including phenoxy) is 1. The van der Waals surface area contributed by atoms with Gasteiger partial charge in [0.25, 0.3) is 5.91 Å². The van der Waals surface area contributed by atoms with E-state index < -0.39 is 6.10 Å². The molecule has 2 heterocycles. The number of hydrogen-bond acceptors (Lipinski definition) is 3. The highest BCUT2D eigenvalue weighted by atomic mass is 16.5. The van der Waals surface area contributed by atoms with Gasteiger partial charge in [0.05, 0.1) is 5.69 Å². The van der Waals surface area contributed by atoms with E-state index in [0.29, 0.717) is 24.6 Å². The third kappa shape index (κ3) is 3.75. The molecule has 2 aromatic carbocycles. The van der Waals surface area contributed by atoms with Crippen molar-refractivity contribution in [1.82, 2.24) is 4.90 Å². The quantitative estimate of drug-likeness (QED) is 0.817. The summed E-state index contributed by atoms with van der Waals surface area (Å²) >= 11 is 0. The fraction of sp³-hybridized carbons (Fsp3) is 0.391. The van der Waals surface area contributed by atoms with E-state index in [4.69, 9.17) is 4.74 Å². The van der Waals surface area contributed by atoms with Crippen molar-refractivity contribution in [2.24, 2.45) is 0 Å². The first-order valence-corrected chi connectivity index (χ1v) is 10.0. The van der Waals surface area contributed by atoms with E-state index in [9.17, 15) is 9.59 Å². The van der Waals surface area contributed by atoms with Gasteiger partial charge in [0.2, 0.25) is 5.91 Å². The van der Waals surface area contributed by atoms with Crippen molar-refractivity contribution in [3.8, 4) is 5.75 Å². The number of benzene rings is 2. The number of piperidine rings is 1. The Morgan fingerprint density at radius 3 is 2.46 bits per heavy atom. The van der Waals surface area contributed by atoms with Gasteiger partial charge in [0.15, 0.2) is 6.10 Å². The van der Waals surface area contributed by atoms with Gasteiger partial charge in [-0.15, -0.1) is 0 Å². The number of likely N-dealkylation sites (tertiary alicyclic amines) is 1. The van der Waals surface area contributed by atoms with E-state index in [-0.39, 0.29) is 11.8 Å². The van der Waals surface area contributed by atoms with E-state index in [2.05, 4.69) is 24.3 Å². The van der Waals surface area contributed by atoms with Crippen LogP contribution in [-0.4, -0.2) is 42.5 Å². The normalized spacial score (nSPS) is 19.9. The predicted octanol–water partition coefficient (Wildman–Crippen LogP) is 3.60. The minimum absolute atomic E-state index is 0.0886. The molecule has 5 nitrogen and oxygen atoms in total. The molecular weight excluding hydrogens is 352 g/mol. The van der Waals surface area contributed by atoms with Crippen molar-refractivity contribution in [2.75, 3.05) is 24.5 Å². The summed E-state index contributed by atoms with van der Waals surface area (Å²) in [4.78, 5) is 28.9. The average Bonchev–Trinajstić information content (AvgIpc) is 2.74. The number of carbonyl (C=O) groups is 2. The van der Waals surface area contributed by atoms with E-state index in [1.807, 2.05) is 35.2 Å². The Balaban J connectivity index is 1.34. The summed E-state index contributed by atoms with van der Waals surface area (Å²) in [6, 6.07) is 18.0. The molecule has 1 fully saturated rings. The molecule has 28 heavy (non-hydrogen) atoms. The second kappa shape index (κ2) is 8.05. The van der Waals surface area contributed by atoms with Crippen LogP contribution in [0.5, 0.6) is 5.75 Å². The molecule has 0 bridgehead atoms. The van der Waals surface area contributed by atoms with E-state index in [1.165, 1.54) is 5.56 Å². The molecule has 5 heteroatoms. The number of fused-ring (bicyclic) bond motifs is 1. The summed E-state index contributed by atoms with van der Waals surface area (Å²) in [6.07, 6.45) is 1.80. The van der Waals surface area contributed by atoms with Crippen LogP contribution in [0.25, 0.3) is 0 Å². The number of rotatable bonds is 4. The average molecular weight is 378 g/mol. The van der Waals surface area contributed by atoms with Gasteiger partial charge in [-0.2, -0.15) is 0 Å². The largest absolute Gasteiger partial charge is 0.479 e. The minimum Gasteiger partial charge on any atom is -0.479 e. The van der Waals surface area contributed by atoms with Crippen molar-refractivity contribution in [2.45, 2.75) is 38.2 Å². The van der Waals surface area contributed by atoms with Gasteiger partial charge in [0, 0.05) is 26.1 Å². The second-order valence-corrected chi connectivity index (χ2v) is 7.53. The van der Waals surface area contributed by atoms with Gasteiger partial charge in [0.1, 0.15) is 5.75 Å². The lowest BCUT2D eigenvalue weighted by molar-refractivity contribution is -0.132. The second-order valence-electron chi connectivity index (χ2n) is 7.53. The number of nitrogens with zero attached hydrogens (tertiary/aromatic N) is 2. The van der Waals surface area contributed by atoms with Crippen LogP contribution in [0.4, 0.5) is 5.69 Å². The van der Waals surface area contributed by atoms with E-state index in [1.54, 1.807) is 11.8 Å². The first kappa shape index (κ1) is 18.5. The number of amides is 2. The summed E-state index contributed by atoms with van der Waals surface area (Å²) in [5, 5.41) is 0. The maximum absolute atomic E-state index is 12.7. The van der Waals surface area contributed by atoms with Crippen LogP contribution < -0.4 is 9.64 Å². The van der Waals surface area contributed by atoms with Crippen LogP contribution in [0.2, 0.25) is 0 Å². The summed E-state index contributed by atoms with van der Waals surface area (Å²) < 4.78 is 5.66. The molecule has 146 valence electrons.